The highest BCUT2D eigenvalue weighted by Gasteiger charge is 2.34. The summed E-state index contributed by atoms with van der Waals surface area (Å²) in [5.41, 5.74) is -0.490. The lowest BCUT2D eigenvalue weighted by Gasteiger charge is -2.22. The molecule has 120 valence electrons. The van der Waals surface area contributed by atoms with E-state index in [1.54, 1.807) is 20.8 Å². The first-order valence-electron chi connectivity index (χ1n) is 6.71. The molecule has 1 amide bonds. The molecule has 0 bridgehead atoms. The molecule has 1 aromatic rings. The monoisotopic (exact) mass is 334 g/mol. The molecule has 0 aliphatic rings. The van der Waals surface area contributed by atoms with Crippen molar-refractivity contribution in [3.63, 3.8) is 0 Å². The van der Waals surface area contributed by atoms with Crippen LogP contribution in [-0.4, -0.2) is 41.9 Å². The Hall–Kier alpha value is -1.22. The fraction of sp³-hybridized carbons (Fsp3) is 0.750. The average Bonchev–Trinajstić information content (AvgIpc) is 2.82. The van der Waals surface area contributed by atoms with Gasteiger partial charge in [0.05, 0.1) is 0 Å². The second-order valence-corrected chi connectivity index (χ2v) is 9.15. The van der Waals surface area contributed by atoms with Gasteiger partial charge in [-0.05, 0) is 34.1 Å². The largest absolute Gasteiger partial charge is 0.360 e. The van der Waals surface area contributed by atoms with Crippen molar-refractivity contribution in [2.45, 2.75) is 56.2 Å². The van der Waals surface area contributed by atoms with Gasteiger partial charge in [-0.2, -0.15) is 0 Å². The number of amides is 1. The van der Waals surface area contributed by atoms with Crippen molar-refractivity contribution in [1.82, 2.24) is 15.5 Å². The summed E-state index contributed by atoms with van der Waals surface area (Å²) in [5.74, 6) is -0.541. The predicted molar refractivity (Wildman–Crippen MR) is 83.2 cm³/mol. The third-order valence-corrected chi connectivity index (χ3v) is 5.84. The van der Waals surface area contributed by atoms with Gasteiger partial charge in [-0.3, -0.25) is 4.79 Å². The quantitative estimate of drug-likeness (QED) is 0.816. The lowest BCUT2D eigenvalue weighted by Crippen LogP contribution is -2.47. The summed E-state index contributed by atoms with van der Waals surface area (Å²) in [6, 6.07) is 0. The van der Waals surface area contributed by atoms with Crippen molar-refractivity contribution < 1.29 is 13.2 Å². The summed E-state index contributed by atoms with van der Waals surface area (Å²) in [6.07, 6.45) is 0.895. The van der Waals surface area contributed by atoms with Gasteiger partial charge in [0.15, 0.2) is 0 Å². The topological polar surface area (TPSA) is 101 Å². The smallest absolute Gasteiger partial charge is 0.238 e. The van der Waals surface area contributed by atoms with E-state index >= 15 is 0 Å². The number of hydrogen-bond donors (Lipinski definition) is 2. The van der Waals surface area contributed by atoms with Crippen LogP contribution in [0.2, 0.25) is 0 Å². The van der Waals surface area contributed by atoms with Gasteiger partial charge >= 0.3 is 0 Å². The molecule has 0 saturated heterocycles. The van der Waals surface area contributed by atoms with Gasteiger partial charge in [-0.1, -0.05) is 18.3 Å². The zero-order valence-corrected chi connectivity index (χ0v) is 14.6. The van der Waals surface area contributed by atoms with Crippen molar-refractivity contribution in [2.75, 3.05) is 11.9 Å². The number of anilines is 1. The average molecular weight is 334 g/mol. The summed E-state index contributed by atoms with van der Waals surface area (Å²) >= 11 is 0.942. The molecule has 0 aliphatic carbocycles. The van der Waals surface area contributed by atoms with E-state index in [4.69, 9.17) is 0 Å². The van der Waals surface area contributed by atoms with Crippen molar-refractivity contribution in [3.8, 4) is 0 Å². The van der Waals surface area contributed by atoms with Crippen LogP contribution >= 0.6 is 11.3 Å². The molecule has 0 spiro atoms. The Morgan fingerprint density at radius 1 is 1.33 bits per heavy atom. The molecule has 7 nitrogen and oxygen atoms in total. The van der Waals surface area contributed by atoms with Crippen molar-refractivity contribution >= 4 is 32.2 Å². The van der Waals surface area contributed by atoms with Gasteiger partial charge in [0.2, 0.25) is 25.2 Å². The molecule has 0 aliphatic heterocycles. The second kappa shape index (κ2) is 6.69. The molecular weight excluding hydrogens is 312 g/mol. The van der Waals surface area contributed by atoms with Crippen LogP contribution in [0.1, 0.15) is 41.0 Å². The molecule has 1 heterocycles. The molecule has 1 atom stereocenters. The van der Waals surface area contributed by atoms with E-state index in [1.165, 1.54) is 6.92 Å². The van der Waals surface area contributed by atoms with Gasteiger partial charge in [-0.15, -0.1) is 10.2 Å². The normalized spacial score (nSPS) is 13.8. The van der Waals surface area contributed by atoms with Gasteiger partial charge in [0, 0.05) is 12.1 Å². The SMILES string of the molecule is CCCNc1nnc(S(=O)(=O)[C@@H](C)C(=O)NC(C)(C)C)s1. The molecule has 2 N–H and O–H groups in total. The van der Waals surface area contributed by atoms with Gasteiger partial charge in [0.25, 0.3) is 0 Å². The van der Waals surface area contributed by atoms with Crippen LogP contribution < -0.4 is 10.6 Å². The van der Waals surface area contributed by atoms with Gasteiger partial charge < -0.3 is 10.6 Å². The standard InChI is InChI=1S/C12H22N4O3S2/c1-6-7-13-10-15-16-11(20-10)21(18,19)8(2)9(17)14-12(3,4)5/h8H,6-7H2,1-5H3,(H,13,15)(H,14,17)/t8-/m0/s1. The molecular formula is C12H22N4O3S2. The zero-order chi connectivity index (χ0) is 16.3. The number of carbonyl (C=O) groups is 1. The van der Waals surface area contributed by atoms with E-state index in [0.29, 0.717) is 11.7 Å². The van der Waals surface area contributed by atoms with Crippen molar-refractivity contribution in [2.24, 2.45) is 0 Å². The molecule has 0 radical (unpaired) electrons. The van der Waals surface area contributed by atoms with Crippen LogP contribution in [0.15, 0.2) is 4.34 Å². The first-order chi connectivity index (χ1) is 9.58. The van der Waals surface area contributed by atoms with E-state index < -0.39 is 26.5 Å². The van der Waals surface area contributed by atoms with E-state index in [0.717, 1.165) is 17.8 Å². The maximum Gasteiger partial charge on any atom is 0.238 e. The lowest BCUT2D eigenvalue weighted by molar-refractivity contribution is -0.121. The van der Waals surface area contributed by atoms with E-state index in [9.17, 15) is 13.2 Å². The summed E-state index contributed by atoms with van der Waals surface area (Å²) in [6.45, 7) is 9.42. The highest BCUT2D eigenvalue weighted by atomic mass is 32.2. The van der Waals surface area contributed by atoms with Crippen LogP contribution in [-0.2, 0) is 14.6 Å². The predicted octanol–water partition coefficient (Wildman–Crippen LogP) is 1.44. The first kappa shape index (κ1) is 17.8. The third-order valence-electron chi connectivity index (χ3n) is 2.51. The fourth-order valence-corrected chi connectivity index (χ4v) is 3.83. The maximum absolute atomic E-state index is 12.4. The van der Waals surface area contributed by atoms with Crippen molar-refractivity contribution in [3.05, 3.63) is 0 Å². The molecule has 0 aromatic carbocycles. The highest BCUT2D eigenvalue weighted by Crippen LogP contribution is 2.24. The van der Waals surface area contributed by atoms with E-state index in [-0.39, 0.29) is 4.34 Å². The fourth-order valence-electron chi connectivity index (χ4n) is 1.39. The van der Waals surface area contributed by atoms with Crippen LogP contribution in [0.3, 0.4) is 0 Å². The summed E-state index contributed by atoms with van der Waals surface area (Å²) in [7, 11) is -3.82. The number of sulfone groups is 1. The number of nitrogens with one attached hydrogen (secondary N) is 2. The third kappa shape index (κ3) is 4.92. The summed E-state index contributed by atoms with van der Waals surface area (Å²) < 4.78 is 24.6. The van der Waals surface area contributed by atoms with Crippen LogP contribution in [0.5, 0.6) is 0 Å². The minimum Gasteiger partial charge on any atom is -0.360 e. The molecule has 0 saturated carbocycles. The Kier molecular flexibility index (Phi) is 5.68. The number of nitrogens with zero attached hydrogens (tertiary/aromatic N) is 2. The summed E-state index contributed by atoms with van der Waals surface area (Å²) in [4.78, 5) is 12.0. The van der Waals surface area contributed by atoms with Gasteiger partial charge in [-0.25, -0.2) is 8.42 Å². The minimum atomic E-state index is -3.82. The second-order valence-electron chi connectivity index (χ2n) is 5.73. The van der Waals surface area contributed by atoms with E-state index in [1.807, 2.05) is 6.92 Å². The molecule has 1 aromatic heterocycles. The van der Waals surface area contributed by atoms with E-state index in [2.05, 4.69) is 20.8 Å². The number of rotatable bonds is 6. The molecule has 21 heavy (non-hydrogen) atoms. The number of aromatic nitrogens is 2. The number of hydrogen-bond acceptors (Lipinski definition) is 7. The molecule has 1 rings (SSSR count). The summed E-state index contributed by atoms with van der Waals surface area (Å²) in [5, 5.41) is 12.3. The Bertz CT molecular complexity index is 590. The Balaban J connectivity index is 2.89. The number of carbonyl (C=O) groups excluding carboxylic acids is 1. The van der Waals surface area contributed by atoms with Crippen LogP contribution in [0, 0.1) is 0 Å². The highest BCUT2D eigenvalue weighted by molar-refractivity contribution is 7.94. The molecule has 0 unspecified atom stereocenters. The van der Waals surface area contributed by atoms with Gasteiger partial charge in [0.1, 0.15) is 5.25 Å². The molecule has 0 fully saturated rings. The van der Waals surface area contributed by atoms with Crippen LogP contribution in [0.4, 0.5) is 5.13 Å². The minimum absolute atomic E-state index is 0.141. The Morgan fingerprint density at radius 3 is 2.48 bits per heavy atom. The lowest BCUT2D eigenvalue weighted by atomic mass is 10.1. The zero-order valence-electron chi connectivity index (χ0n) is 12.9. The molecule has 9 heteroatoms. The first-order valence-corrected chi connectivity index (χ1v) is 9.07. The van der Waals surface area contributed by atoms with Crippen LogP contribution in [0.25, 0.3) is 0 Å². The Labute approximate surface area is 129 Å². The maximum atomic E-state index is 12.4. The Morgan fingerprint density at radius 2 is 1.95 bits per heavy atom. The van der Waals surface area contributed by atoms with Crippen molar-refractivity contribution in [1.29, 1.82) is 0 Å².